The molecule has 2 rings (SSSR count). The van der Waals surface area contributed by atoms with Gasteiger partial charge in [0, 0.05) is 0 Å². The minimum atomic E-state index is -3.39. The maximum absolute atomic E-state index is 12.3. The molecule has 0 spiro atoms. The maximum atomic E-state index is 12.3. The molecule has 5 heteroatoms. The minimum Gasteiger partial charge on any atom is -0.394 e. The second-order valence-corrected chi connectivity index (χ2v) is 7.61. The summed E-state index contributed by atoms with van der Waals surface area (Å²) in [6, 6.07) is 9.63. The van der Waals surface area contributed by atoms with Crippen molar-refractivity contribution in [1.29, 1.82) is 0 Å². The largest absolute Gasteiger partial charge is 0.394 e. The Balaban J connectivity index is 2.04. The number of aliphatic hydroxyl groups excluding tert-OH is 1. The summed E-state index contributed by atoms with van der Waals surface area (Å²) in [5.74, 6) is -0.00970. The molecule has 0 bridgehead atoms. The predicted molar refractivity (Wildman–Crippen MR) is 80.1 cm³/mol. The van der Waals surface area contributed by atoms with Crippen LogP contribution in [0.5, 0.6) is 0 Å². The van der Waals surface area contributed by atoms with E-state index in [2.05, 4.69) is 4.72 Å². The van der Waals surface area contributed by atoms with Gasteiger partial charge >= 0.3 is 0 Å². The fourth-order valence-corrected chi connectivity index (χ4v) is 4.79. The number of sulfonamides is 1. The smallest absolute Gasteiger partial charge is 0.212 e. The second kappa shape index (κ2) is 6.24. The zero-order valence-corrected chi connectivity index (χ0v) is 12.7. The summed E-state index contributed by atoms with van der Waals surface area (Å²) >= 11 is 0. The third-order valence-electron chi connectivity index (χ3n) is 4.07. The van der Waals surface area contributed by atoms with Gasteiger partial charge in [0.2, 0.25) is 10.0 Å². The van der Waals surface area contributed by atoms with Crippen LogP contribution in [0, 0.1) is 0 Å². The first-order valence-corrected chi connectivity index (χ1v) is 8.79. The molecule has 0 radical (unpaired) electrons. The van der Waals surface area contributed by atoms with Crippen LogP contribution in [0.15, 0.2) is 30.3 Å². The Hall–Kier alpha value is -0.910. The first-order chi connectivity index (χ1) is 9.46. The lowest BCUT2D eigenvalue weighted by molar-refractivity contribution is 0.185. The average molecular weight is 297 g/mol. The summed E-state index contributed by atoms with van der Waals surface area (Å²) in [5, 5.41) is 9.50. The van der Waals surface area contributed by atoms with Gasteiger partial charge in [0.1, 0.15) is 0 Å². The zero-order chi connectivity index (χ0) is 14.6. The number of nitrogens with one attached hydrogen (secondary N) is 1. The molecule has 1 aromatic rings. The first-order valence-electron chi connectivity index (χ1n) is 7.14. The van der Waals surface area contributed by atoms with Crippen LogP contribution >= 0.6 is 0 Å². The van der Waals surface area contributed by atoms with Crippen LogP contribution in [-0.4, -0.2) is 31.4 Å². The molecule has 1 aromatic carbocycles. The highest BCUT2D eigenvalue weighted by Gasteiger charge is 2.37. The summed E-state index contributed by atoms with van der Waals surface area (Å²) < 4.78 is 27.4. The lowest BCUT2D eigenvalue weighted by Gasteiger charge is -2.28. The Morgan fingerprint density at radius 1 is 1.25 bits per heavy atom. The Bertz CT molecular complexity index is 521. The van der Waals surface area contributed by atoms with Crippen molar-refractivity contribution in [1.82, 2.24) is 4.72 Å². The molecule has 0 amide bonds. The fourth-order valence-electron chi connectivity index (χ4n) is 2.92. The van der Waals surface area contributed by atoms with Gasteiger partial charge in [-0.3, -0.25) is 0 Å². The van der Waals surface area contributed by atoms with E-state index in [1.54, 1.807) is 0 Å². The minimum absolute atomic E-state index is 0.0543. The second-order valence-electron chi connectivity index (χ2n) is 5.84. The van der Waals surface area contributed by atoms with Crippen LogP contribution in [0.4, 0.5) is 0 Å². The molecule has 1 aliphatic carbocycles. The van der Waals surface area contributed by atoms with Gasteiger partial charge < -0.3 is 5.11 Å². The first kappa shape index (κ1) is 15.5. The molecule has 0 saturated heterocycles. The van der Waals surface area contributed by atoms with Crippen molar-refractivity contribution in [3.05, 3.63) is 35.9 Å². The van der Waals surface area contributed by atoms with E-state index in [9.17, 15) is 13.5 Å². The Morgan fingerprint density at radius 3 is 2.40 bits per heavy atom. The van der Waals surface area contributed by atoms with Crippen LogP contribution in [0.3, 0.4) is 0 Å². The maximum Gasteiger partial charge on any atom is 0.212 e. The summed E-state index contributed by atoms with van der Waals surface area (Å²) in [7, 11) is -3.39. The molecule has 1 fully saturated rings. The number of hydrogen-bond acceptors (Lipinski definition) is 3. The molecule has 0 aliphatic heterocycles. The van der Waals surface area contributed by atoms with Crippen molar-refractivity contribution in [2.45, 2.75) is 44.1 Å². The van der Waals surface area contributed by atoms with Gasteiger partial charge in [-0.2, -0.15) is 0 Å². The highest BCUT2D eigenvalue weighted by atomic mass is 32.2. The summed E-state index contributed by atoms with van der Waals surface area (Å²) in [6.07, 6.45) is 3.39. The topological polar surface area (TPSA) is 66.4 Å². The summed E-state index contributed by atoms with van der Waals surface area (Å²) in [6.45, 7) is 1.79. The molecule has 112 valence electrons. The summed E-state index contributed by atoms with van der Waals surface area (Å²) in [5.41, 5.74) is 0.386. The molecule has 1 aliphatic rings. The third kappa shape index (κ3) is 3.81. The van der Waals surface area contributed by atoms with Gasteiger partial charge in [0.05, 0.1) is 17.9 Å². The van der Waals surface area contributed by atoms with Gasteiger partial charge in [-0.15, -0.1) is 0 Å². The van der Waals surface area contributed by atoms with Crippen LogP contribution < -0.4 is 4.72 Å². The SMILES string of the molecule is CC(CS(=O)(=O)NC1(CO)CCCC1)c1ccccc1. The lowest BCUT2D eigenvalue weighted by Crippen LogP contribution is -2.50. The van der Waals surface area contributed by atoms with Crippen molar-refractivity contribution in [3.8, 4) is 0 Å². The number of benzene rings is 1. The van der Waals surface area contributed by atoms with E-state index >= 15 is 0 Å². The zero-order valence-electron chi connectivity index (χ0n) is 11.9. The van der Waals surface area contributed by atoms with Crippen LogP contribution in [0.1, 0.15) is 44.1 Å². The van der Waals surface area contributed by atoms with Crippen molar-refractivity contribution < 1.29 is 13.5 Å². The molecule has 1 atom stereocenters. The van der Waals surface area contributed by atoms with Crippen LogP contribution in [0.25, 0.3) is 0 Å². The normalized spacial score (nSPS) is 19.9. The Kier molecular flexibility index (Phi) is 4.83. The lowest BCUT2D eigenvalue weighted by atomic mass is 10.0. The average Bonchev–Trinajstić information content (AvgIpc) is 2.87. The fraction of sp³-hybridized carbons (Fsp3) is 0.600. The van der Waals surface area contributed by atoms with Crippen molar-refractivity contribution in [3.63, 3.8) is 0 Å². The van der Waals surface area contributed by atoms with Gasteiger partial charge in [-0.05, 0) is 24.3 Å². The van der Waals surface area contributed by atoms with Gasteiger partial charge in [-0.25, -0.2) is 13.1 Å². The standard InChI is InChI=1S/C15H23NO3S/c1-13(14-7-3-2-4-8-14)11-20(18,19)16-15(12-17)9-5-6-10-15/h2-4,7-8,13,16-17H,5-6,9-12H2,1H3. The predicted octanol–water partition coefficient (Wildman–Crippen LogP) is 2.01. The quantitative estimate of drug-likeness (QED) is 0.844. The van der Waals surface area contributed by atoms with Crippen molar-refractivity contribution in [2.24, 2.45) is 0 Å². The molecule has 1 saturated carbocycles. The van der Waals surface area contributed by atoms with E-state index in [-0.39, 0.29) is 18.3 Å². The number of rotatable bonds is 6. The molecule has 2 N–H and O–H groups in total. The molecular weight excluding hydrogens is 274 g/mol. The van der Waals surface area contributed by atoms with E-state index in [1.165, 1.54) is 0 Å². The number of aliphatic hydroxyl groups is 1. The molecule has 20 heavy (non-hydrogen) atoms. The monoisotopic (exact) mass is 297 g/mol. The van der Waals surface area contributed by atoms with Gasteiger partial charge in [0.25, 0.3) is 0 Å². The summed E-state index contributed by atoms with van der Waals surface area (Å²) in [4.78, 5) is 0. The highest BCUT2D eigenvalue weighted by molar-refractivity contribution is 7.89. The molecule has 0 heterocycles. The number of hydrogen-bond donors (Lipinski definition) is 2. The van der Waals surface area contributed by atoms with E-state index in [0.29, 0.717) is 0 Å². The van der Waals surface area contributed by atoms with Gasteiger partial charge in [-0.1, -0.05) is 50.1 Å². The molecule has 4 nitrogen and oxygen atoms in total. The highest BCUT2D eigenvalue weighted by Crippen LogP contribution is 2.30. The molecule has 0 aromatic heterocycles. The van der Waals surface area contributed by atoms with E-state index in [1.807, 2.05) is 37.3 Å². The van der Waals surface area contributed by atoms with E-state index < -0.39 is 15.6 Å². The van der Waals surface area contributed by atoms with Crippen LogP contribution in [0.2, 0.25) is 0 Å². The van der Waals surface area contributed by atoms with Crippen molar-refractivity contribution >= 4 is 10.0 Å². The van der Waals surface area contributed by atoms with E-state index in [4.69, 9.17) is 0 Å². The Labute approximate surface area is 121 Å². The third-order valence-corrected chi connectivity index (χ3v) is 5.76. The van der Waals surface area contributed by atoms with Crippen molar-refractivity contribution in [2.75, 3.05) is 12.4 Å². The van der Waals surface area contributed by atoms with E-state index in [0.717, 1.165) is 31.2 Å². The molecular formula is C15H23NO3S. The van der Waals surface area contributed by atoms with Crippen LogP contribution in [-0.2, 0) is 10.0 Å². The molecule has 1 unspecified atom stereocenters. The van der Waals surface area contributed by atoms with Gasteiger partial charge in [0.15, 0.2) is 0 Å². The Morgan fingerprint density at radius 2 is 1.85 bits per heavy atom.